The van der Waals surface area contributed by atoms with Crippen LogP contribution < -0.4 is 4.74 Å². The van der Waals surface area contributed by atoms with E-state index in [1.807, 2.05) is 36.4 Å². The Morgan fingerprint density at radius 3 is 2.33 bits per heavy atom. The van der Waals surface area contributed by atoms with Gasteiger partial charge in [0.1, 0.15) is 5.75 Å². The third kappa shape index (κ3) is 3.49. The van der Waals surface area contributed by atoms with Crippen molar-refractivity contribution in [1.29, 1.82) is 0 Å². The molecule has 0 N–H and O–H groups in total. The topological polar surface area (TPSA) is 65.2 Å². The van der Waals surface area contributed by atoms with E-state index in [9.17, 15) is 4.79 Å². The lowest BCUT2D eigenvalue weighted by Crippen LogP contribution is -1.99. The first-order valence-corrected chi connectivity index (χ1v) is 6.96. The number of carbonyl (C=O) groups excluding carboxylic acids is 1. The molecule has 0 aliphatic rings. The molecule has 0 aliphatic carbocycles. The highest BCUT2D eigenvalue weighted by Gasteiger charge is 2.14. The van der Waals surface area contributed by atoms with Gasteiger partial charge in [0.15, 0.2) is 0 Å². The van der Waals surface area contributed by atoms with E-state index in [1.165, 1.54) is 0 Å². The molecule has 0 amide bonds. The number of rotatable bonds is 3. The summed E-state index contributed by atoms with van der Waals surface area (Å²) in [5.41, 5.74) is 0.799. The normalized spacial score (nSPS) is 10.3. The van der Waals surface area contributed by atoms with Gasteiger partial charge in [-0.1, -0.05) is 36.4 Å². The molecule has 0 fully saturated rings. The molecule has 3 aromatic rings. The van der Waals surface area contributed by atoms with Crippen LogP contribution in [-0.2, 0) is 0 Å². The summed E-state index contributed by atoms with van der Waals surface area (Å²) in [5.74, 6) is 0.836. The van der Waals surface area contributed by atoms with Crippen molar-refractivity contribution in [3.63, 3.8) is 0 Å². The molecule has 1 heterocycles. The third-order valence-corrected chi connectivity index (χ3v) is 3.13. The van der Waals surface area contributed by atoms with Gasteiger partial charge in [-0.2, -0.15) is 0 Å². The molecular weight excluding hydrogens is 288 g/mol. The van der Waals surface area contributed by atoms with E-state index in [0.717, 1.165) is 17.3 Å². The Hall–Kier alpha value is -2.60. The van der Waals surface area contributed by atoms with Gasteiger partial charge >= 0.3 is 5.30 Å². The Balaban J connectivity index is 1.66. The van der Waals surface area contributed by atoms with Crippen LogP contribution in [0.5, 0.6) is 5.75 Å². The van der Waals surface area contributed by atoms with Gasteiger partial charge < -0.3 is 9.15 Å². The van der Waals surface area contributed by atoms with E-state index < -0.39 is 5.30 Å². The summed E-state index contributed by atoms with van der Waals surface area (Å²) < 4.78 is 10.5. The van der Waals surface area contributed by atoms with Crippen LogP contribution in [0.4, 0.5) is 4.79 Å². The van der Waals surface area contributed by atoms with E-state index in [1.54, 1.807) is 24.3 Å². The highest BCUT2D eigenvalue weighted by Crippen LogP contribution is 2.24. The fourth-order valence-corrected chi connectivity index (χ4v) is 2.11. The zero-order valence-corrected chi connectivity index (χ0v) is 11.6. The summed E-state index contributed by atoms with van der Waals surface area (Å²) in [6.07, 6.45) is 0. The standard InChI is InChI=1S/C15H10N2O3S/c18-15(19-12-9-5-2-6-10-12)21-14-17-16-13(20-14)11-7-3-1-4-8-11/h1-10H. The lowest BCUT2D eigenvalue weighted by Gasteiger charge is -2.00. The fraction of sp³-hybridized carbons (Fsp3) is 0. The Kier molecular flexibility index (Phi) is 3.97. The quantitative estimate of drug-likeness (QED) is 0.537. The lowest BCUT2D eigenvalue weighted by atomic mass is 10.2. The van der Waals surface area contributed by atoms with Crippen molar-refractivity contribution >= 4 is 17.1 Å². The molecule has 0 saturated carbocycles. The molecule has 0 saturated heterocycles. The first-order chi connectivity index (χ1) is 10.3. The van der Waals surface area contributed by atoms with Crippen molar-refractivity contribution in [3.8, 4) is 17.2 Å². The summed E-state index contributed by atoms with van der Waals surface area (Å²) >= 11 is 0.753. The van der Waals surface area contributed by atoms with Crippen LogP contribution in [0.15, 0.2) is 70.3 Å². The fourth-order valence-electron chi connectivity index (χ4n) is 1.63. The molecule has 3 rings (SSSR count). The maximum absolute atomic E-state index is 11.7. The molecule has 0 unspecified atom stereocenters. The number of aromatic nitrogens is 2. The number of nitrogens with zero attached hydrogens (tertiary/aromatic N) is 2. The largest absolute Gasteiger partial charge is 0.418 e. The number of benzene rings is 2. The van der Waals surface area contributed by atoms with Crippen LogP contribution in [0.3, 0.4) is 0 Å². The number of hydrogen-bond donors (Lipinski definition) is 0. The molecule has 104 valence electrons. The van der Waals surface area contributed by atoms with E-state index in [-0.39, 0.29) is 5.22 Å². The monoisotopic (exact) mass is 298 g/mol. The Morgan fingerprint density at radius 1 is 0.952 bits per heavy atom. The van der Waals surface area contributed by atoms with Gasteiger partial charge in [0.25, 0.3) is 5.22 Å². The molecule has 0 atom stereocenters. The summed E-state index contributed by atoms with van der Waals surface area (Å²) in [7, 11) is 0. The number of hydrogen-bond acceptors (Lipinski definition) is 6. The molecule has 6 heteroatoms. The third-order valence-electron chi connectivity index (χ3n) is 2.54. The molecule has 0 radical (unpaired) electrons. The SMILES string of the molecule is O=C(Oc1ccccc1)Sc1nnc(-c2ccccc2)o1. The summed E-state index contributed by atoms with van der Waals surface area (Å²) in [5, 5.41) is 7.35. The van der Waals surface area contributed by atoms with Crippen molar-refractivity contribution in [2.45, 2.75) is 5.22 Å². The van der Waals surface area contributed by atoms with Gasteiger partial charge in [0.05, 0.1) is 11.8 Å². The first kappa shape index (κ1) is 13.4. The molecule has 5 nitrogen and oxygen atoms in total. The van der Waals surface area contributed by atoms with Crippen LogP contribution in [-0.4, -0.2) is 15.5 Å². The van der Waals surface area contributed by atoms with E-state index in [2.05, 4.69) is 10.2 Å². The van der Waals surface area contributed by atoms with Crippen LogP contribution in [0, 0.1) is 0 Å². The van der Waals surface area contributed by atoms with Crippen LogP contribution in [0.2, 0.25) is 0 Å². The highest BCUT2D eigenvalue weighted by atomic mass is 32.2. The Morgan fingerprint density at radius 2 is 1.62 bits per heavy atom. The summed E-state index contributed by atoms with van der Waals surface area (Å²) in [6.45, 7) is 0. The minimum Gasteiger partial charge on any atom is -0.418 e. The van der Waals surface area contributed by atoms with Crippen molar-refractivity contribution in [3.05, 3.63) is 60.7 Å². The molecule has 0 spiro atoms. The molecule has 0 aliphatic heterocycles. The van der Waals surface area contributed by atoms with Crippen molar-refractivity contribution in [1.82, 2.24) is 10.2 Å². The maximum atomic E-state index is 11.7. The molecule has 1 aromatic heterocycles. The zero-order valence-electron chi connectivity index (χ0n) is 10.8. The predicted molar refractivity (Wildman–Crippen MR) is 78.1 cm³/mol. The molecule has 2 aromatic carbocycles. The Bertz CT molecular complexity index is 729. The van der Waals surface area contributed by atoms with Gasteiger partial charge in [-0.25, -0.2) is 4.79 Å². The summed E-state index contributed by atoms with van der Waals surface area (Å²) in [6, 6.07) is 18.1. The van der Waals surface area contributed by atoms with Gasteiger partial charge in [0, 0.05) is 5.56 Å². The van der Waals surface area contributed by atoms with Crippen molar-refractivity contribution in [2.75, 3.05) is 0 Å². The average Bonchev–Trinajstić information content (AvgIpc) is 2.97. The van der Waals surface area contributed by atoms with Gasteiger partial charge in [0.2, 0.25) is 5.89 Å². The molecule has 0 bridgehead atoms. The van der Waals surface area contributed by atoms with Crippen molar-refractivity contribution in [2.24, 2.45) is 0 Å². The van der Waals surface area contributed by atoms with Crippen LogP contribution in [0.25, 0.3) is 11.5 Å². The zero-order chi connectivity index (χ0) is 14.5. The van der Waals surface area contributed by atoms with Gasteiger partial charge in [-0.05, 0) is 24.3 Å². The number of carbonyl (C=O) groups is 1. The second-order valence-corrected chi connectivity index (χ2v) is 4.89. The lowest BCUT2D eigenvalue weighted by molar-refractivity contribution is 0.226. The molecule has 21 heavy (non-hydrogen) atoms. The van der Waals surface area contributed by atoms with Gasteiger partial charge in [-0.15, -0.1) is 10.2 Å². The van der Waals surface area contributed by atoms with Crippen molar-refractivity contribution < 1.29 is 13.9 Å². The highest BCUT2D eigenvalue weighted by molar-refractivity contribution is 8.13. The first-order valence-electron chi connectivity index (χ1n) is 6.15. The smallest absolute Gasteiger partial charge is 0.382 e. The maximum Gasteiger partial charge on any atom is 0.382 e. The average molecular weight is 298 g/mol. The molecular formula is C15H10N2O3S. The van der Waals surface area contributed by atoms with E-state index >= 15 is 0 Å². The number of para-hydroxylation sites is 1. The Labute approximate surface area is 125 Å². The predicted octanol–water partition coefficient (Wildman–Crippen LogP) is 4.03. The second kappa shape index (κ2) is 6.23. The van der Waals surface area contributed by atoms with E-state index in [0.29, 0.717) is 11.6 Å². The van der Waals surface area contributed by atoms with E-state index in [4.69, 9.17) is 9.15 Å². The number of ether oxygens (including phenoxy) is 1. The van der Waals surface area contributed by atoms with Crippen LogP contribution in [0.1, 0.15) is 0 Å². The minimum atomic E-state index is -0.524. The van der Waals surface area contributed by atoms with Gasteiger partial charge in [-0.3, -0.25) is 0 Å². The van der Waals surface area contributed by atoms with Crippen LogP contribution >= 0.6 is 11.8 Å². The summed E-state index contributed by atoms with van der Waals surface area (Å²) in [4.78, 5) is 11.7. The minimum absolute atomic E-state index is 0.148. The number of thioether (sulfide) groups is 1. The second-order valence-electron chi connectivity index (χ2n) is 4.01.